The molecule has 2 rings (SSSR count). The highest BCUT2D eigenvalue weighted by atomic mass is 19.4. The van der Waals surface area contributed by atoms with E-state index in [0.29, 0.717) is 13.0 Å². The molecule has 120 valence electrons. The molecule has 0 radical (unpaired) electrons. The van der Waals surface area contributed by atoms with Crippen LogP contribution in [0.1, 0.15) is 12.0 Å². The van der Waals surface area contributed by atoms with E-state index in [2.05, 4.69) is 5.32 Å². The number of halogens is 3. The summed E-state index contributed by atoms with van der Waals surface area (Å²) in [5.74, 6) is 0. The Morgan fingerprint density at radius 3 is 2.50 bits per heavy atom. The Kier molecular flexibility index (Phi) is 4.41. The van der Waals surface area contributed by atoms with E-state index in [0.717, 1.165) is 15.2 Å². The molecule has 0 spiro atoms. The van der Waals surface area contributed by atoms with E-state index in [1.54, 1.807) is 7.05 Å². The maximum atomic E-state index is 13.1. The lowest BCUT2D eigenvalue weighted by Crippen LogP contribution is -2.40. The molecule has 5 nitrogen and oxygen atoms in total. The number of hydrogen-bond donors (Lipinski definition) is 1. The molecule has 0 aliphatic rings. The Morgan fingerprint density at radius 2 is 1.91 bits per heavy atom. The second kappa shape index (κ2) is 5.96. The molecular weight excluding hydrogens is 299 g/mol. The van der Waals surface area contributed by atoms with Crippen molar-refractivity contribution < 1.29 is 13.2 Å². The van der Waals surface area contributed by atoms with Crippen molar-refractivity contribution in [1.82, 2.24) is 14.5 Å². The lowest BCUT2D eigenvalue weighted by Gasteiger charge is -2.15. The molecule has 0 amide bonds. The Bertz CT molecular complexity index is 806. The minimum absolute atomic E-state index is 0.110. The molecular formula is C14H16F3N3O2. The fraction of sp³-hybridized carbons (Fsp3) is 0.429. The van der Waals surface area contributed by atoms with Crippen LogP contribution in [0.25, 0.3) is 10.9 Å². The number of rotatable bonds is 4. The molecule has 1 aromatic carbocycles. The van der Waals surface area contributed by atoms with Crippen LogP contribution in [0.4, 0.5) is 13.2 Å². The molecule has 0 saturated carbocycles. The summed E-state index contributed by atoms with van der Waals surface area (Å²) < 4.78 is 41.1. The Balaban J connectivity index is 2.76. The number of aromatic nitrogens is 2. The van der Waals surface area contributed by atoms with Gasteiger partial charge in [-0.15, -0.1) is 0 Å². The van der Waals surface area contributed by atoms with Gasteiger partial charge in [0.1, 0.15) is 0 Å². The van der Waals surface area contributed by atoms with E-state index in [1.807, 2.05) is 0 Å². The van der Waals surface area contributed by atoms with E-state index in [9.17, 15) is 22.8 Å². The van der Waals surface area contributed by atoms with Crippen LogP contribution in [-0.4, -0.2) is 22.7 Å². The minimum atomic E-state index is -4.63. The maximum absolute atomic E-state index is 13.1. The van der Waals surface area contributed by atoms with Crippen LogP contribution >= 0.6 is 0 Å². The number of nitrogens with one attached hydrogen (secondary N) is 1. The Labute approximate surface area is 124 Å². The molecule has 0 aliphatic carbocycles. The second-order valence-electron chi connectivity index (χ2n) is 4.95. The number of benzene rings is 1. The quantitative estimate of drug-likeness (QED) is 0.866. The lowest BCUT2D eigenvalue weighted by molar-refractivity contribution is -0.136. The number of nitrogens with zero attached hydrogens (tertiary/aromatic N) is 2. The first kappa shape index (κ1) is 16.3. The van der Waals surface area contributed by atoms with Crippen molar-refractivity contribution in [2.45, 2.75) is 19.1 Å². The van der Waals surface area contributed by atoms with Crippen molar-refractivity contribution in [2.75, 3.05) is 13.6 Å². The van der Waals surface area contributed by atoms with Crippen LogP contribution < -0.4 is 16.6 Å². The molecule has 2 aromatic rings. The predicted octanol–water partition coefficient (Wildman–Crippen LogP) is 1.33. The van der Waals surface area contributed by atoms with Crippen LogP contribution in [0.3, 0.4) is 0 Å². The molecule has 1 aromatic heterocycles. The molecule has 22 heavy (non-hydrogen) atoms. The van der Waals surface area contributed by atoms with Gasteiger partial charge in [-0.05, 0) is 32.1 Å². The number of alkyl halides is 3. The van der Waals surface area contributed by atoms with Gasteiger partial charge in [0, 0.05) is 13.6 Å². The summed E-state index contributed by atoms with van der Waals surface area (Å²) >= 11 is 0. The summed E-state index contributed by atoms with van der Waals surface area (Å²) in [7, 11) is 2.98. The zero-order valence-corrected chi connectivity index (χ0v) is 12.2. The topological polar surface area (TPSA) is 56.0 Å². The van der Waals surface area contributed by atoms with Gasteiger partial charge in [-0.25, -0.2) is 4.79 Å². The van der Waals surface area contributed by atoms with Gasteiger partial charge in [0.25, 0.3) is 5.56 Å². The van der Waals surface area contributed by atoms with Crippen LogP contribution in [0, 0.1) is 0 Å². The average Bonchev–Trinajstić information content (AvgIpc) is 2.47. The van der Waals surface area contributed by atoms with E-state index < -0.39 is 23.0 Å². The third kappa shape index (κ3) is 2.78. The highest BCUT2D eigenvalue weighted by Gasteiger charge is 2.34. The third-order valence-corrected chi connectivity index (χ3v) is 3.48. The number of aryl methyl sites for hydroxylation is 1. The minimum Gasteiger partial charge on any atom is -0.320 e. The first-order valence-corrected chi connectivity index (χ1v) is 6.73. The summed E-state index contributed by atoms with van der Waals surface area (Å²) in [6, 6.07) is 3.35. The SMILES string of the molecule is CNCCCn1c(=O)c2cccc(C(F)(F)F)c2n(C)c1=O. The van der Waals surface area contributed by atoms with Gasteiger partial charge in [0.05, 0.1) is 16.5 Å². The van der Waals surface area contributed by atoms with Crippen molar-refractivity contribution in [1.29, 1.82) is 0 Å². The first-order chi connectivity index (χ1) is 10.3. The number of para-hydroxylation sites is 1. The summed E-state index contributed by atoms with van der Waals surface area (Å²) in [6.45, 7) is 0.745. The molecule has 0 saturated heterocycles. The van der Waals surface area contributed by atoms with Gasteiger partial charge in [0.2, 0.25) is 0 Å². The van der Waals surface area contributed by atoms with Crippen molar-refractivity contribution in [3.63, 3.8) is 0 Å². The van der Waals surface area contributed by atoms with Crippen LogP contribution in [0.15, 0.2) is 27.8 Å². The first-order valence-electron chi connectivity index (χ1n) is 6.73. The molecule has 1 N–H and O–H groups in total. The lowest BCUT2D eigenvalue weighted by atomic mass is 10.1. The summed E-state index contributed by atoms with van der Waals surface area (Å²) in [6.07, 6.45) is -4.11. The van der Waals surface area contributed by atoms with Gasteiger partial charge in [-0.3, -0.25) is 13.9 Å². The van der Waals surface area contributed by atoms with Crippen molar-refractivity contribution in [3.05, 3.63) is 44.6 Å². The monoisotopic (exact) mass is 315 g/mol. The Morgan fingerprint density at radius 1 is 1.23 bits per heavy atom. The van der Waals surface area contributed by atoms with Gasteiger partial charge >= 0.3 is 11.9 Å². The molecule has 8 heteroatoms. The highest BCUT2D eigenvalue weighted by Crippen LogP contribution is 2.33. The van der Waals surface area contributed by atoms with E-state index in [1.165, 1.54) is 19.2 Å². The molecule has 0 unspecified atom stereocenters. The fourth-order valence-electron chi connectivity index (χ4n) is 2.43. The standard InChI is InChI=1S/C14H16F3N3O2/c1-18-7-4-8-20-12(21)9-5-3-6-10(14(15,16)17)11(9)19(2)13(20)22/h3,5-6,18H,4,7-8H2,1-2H3. The zero-order chi connectivity index (χ0) is 16.5. The van der Waals surface area contributed by atoms with Crippen LogP contribution in [0.2, 0.25) is 0 Å². The molecule has 0 aliphatic heterocycles. The zero-order valence-electron chi connectivity index (χ0n) is 12.2. The number of hydrogen-bond acceptors (Lipinski definition) is 3. The molecule has 1 heterocycles. The van der Waals surface area contributed by atoms with Crippen molar-refractivity contribution in [2.24, 2.45) is 7.05 Å². The fourth-order valence-corrected chi connectivity index (χ4v) is 2.43. The molecule has 0 atom stereocenters. The highest BCUT2D eigenvalue weighted by molar-refractivity contribution is 5.81. The summed E-state index contributed by atoms with van der Waals surface area (Å²) in [4.78, 5) is 24.6. The van der Waals surface area contributed by atoms with Gasteiger partial charge in [0.15, 0.2) is 0 Å². The third-order valence-electron chi connectivity index (χ3n) is 3.48. The smallest absolute Gasteiger partial charge is 0.320 e. The molecule has 0 bridgehead atoms. The predicted molar refractivity (Wildman–Crippen MR) is 77.0 cm³/mol. The van der Waals surface area contributed by atoms with Gasteiger partial charge in [-0.2, -0.15) is 13.2 Å². The second-order valence-corrected chi connectivity index (χ2v) is 4.95. The molecule has 0 fully saturated rings. The normalized spacial score (nSPS) is 12.0. The summed E-state index contributed by atoms with van der Waals surface area (Å²) in [5.41, 5.74) is -2.80. The van der Waals surface area contributed by atoms with E-state index >= 15 is 0 Å². The van der Waals surface area contributed by atoms with Crippen molar-refractivity contribution >= 4 is 10.9 Å². The summed E-state index contributed by atoms with van der Waals surface area (Å²) in [5, 5.41) is 2.77. The maximum Gasteiger partial charge on any atom is 0.418 e. The Hall–Kier alpha value is -2.09. The largest absolute Gasteiger partial charge is 0.418 e. The van der Waals surface area contributed by atoms with E-state index in [4.69, 9.17) is 0 Å². The van der Waals surface area contributed by atoms with Gasteiger partial charge in [-0.1, -0.05) is 6.07 Å². The van der Waals surface area contributed by atoms with Crippen molar-refractivity contribution in [3.8, 4) is 0 Å². The average molecular weight is 315 g/mol. The van der Waals surface area contributed by atoms with Crippen LogP contribution in [-0.2, 0) is 19.8 Å². The van der Waals surface area contributed by atoms with Crippen LogP contribution in [0.5, 0.6) is 0 Å². The van der Waals surface area contributed by atoms with E-state index in [-0.39, 0.29) is 17.4 Å². The van der Waals surface area contributed by atoms with Gasteiger partial charge < -0.3 is 5.32 Å². The number of fused-ring (bicyclic) bond motifs is 1.